The molecule has 2 bridgehead atoms. The van der Waals surface area contributed by atoms with Crippen LogP contribution in [0.5, 0.6) is 0 Å². The molecule has 2 saturated heterocycles. The Hall–Kier alpha value is -3.31. The van der Waals surface area contributed by atoms with Crippen LogP contribution in [-0.4, -0.2) is 83.3 Å². The second-order valence-electron chi connectivity index (χ2n) is 18.4. The normalized spacial score (nSPS) is 19.2. The Morgan fingerprint density at radius 2 is 1.57 bits per heavy atom. The summed E-state index contributed by atoms with van der Waals surface area (Å²) in [5.74, 6) is 1.38. The number of ether oxygens (including phenoxy) is 3. The predicted octanol–water partition coefficient (Wildman–Crippen LogP) is 8.42. The maximum Gasteiger partial charge on any atom is 0.407 e. The third kappa shape index (κ3) is 9.38. The minimum Gasteiger partial charge on any atom is -0.444 e. The topological polar surface area (TPSA) is 126 Å². The quantitative estimate of drug-likeness (QED) is 0.105. The Kier molecular flexibility index (Phi) is 11.7. The predicted molar refractivity (Wildman–Crippen MR) is 222 cm³/mol. The lowest BCUT2D eigenvalue weighted by Gasteiger charge is -2.39. The monoisotopic (exact) mass is 795 g/mol. The molecule has 54 heavy (non-hydrogen) atoms. The van der Waals surface area contributed by atoms with E-state index in [-0.39, 0.29) is 36.5 Å². The Labute approximate surface area is 326 Å². The maximum absolute atomic E-state index is 14.0. The molecule has 2 aliphatic rings. The molecule has 1 amide bonds. The van der Waals surface area contributed by atoms with E-state index >= 15 is 0 Å². The van der Waals surface area contributed by atoms with Gasteiger partial charge in [0.2, 0.25) is 0 Å². The highest BCUT2D eigenvalue weighted by atomic mass is 35.5. The van der Waals surface area contributed by atoms with Gasteiger partial charge in [-0.1, -0.05) is 56.9 Å². The molecule has 294 valence electrons. The number of benzene rings is 1. The summed E-state index contributed by atoms with van der Waals surface area (Å²) < 4.78 is 21.3. The molecule has 5 heterocycles. The summed E-state index contributed by atoms with van der Waals surface area (Å²) in [6, 6.07) is 6.29. The first-order valence-electron chi connectivity index (χ1n) is 19.3. The van der Waals surface area contributed by atoms with Crippen LogP contribution in [0.3, 0.4) is 0 Å². The molecule has 4 aromatic rings. The summed E-state index contributed by atoms with van der Waals surface area (Å²) in [5.41, 5.74) is 2.58. The highest BCUT2D eigenvalue weighted by Crippen LogP contribution is 2.41. The fourth-order valence-corrected chi connectivity index (χ4v) is 9.27. The molecule has 0 spiro atoms. The van der Waals surface area contributed by atoms with Crippen molar-refractivity contribution in [2.75, 3.05) is 18.1 Å². The van der Waals surface area contributed by atoms with Crippen LogP contribution in [0.4, 0.5) is 10.6 Å². The third-order valence-electron chi connectivity index (χ3n) is 10.3. The van der Waals surface area contributed by atoms with Crippen LogP contribution in [0.15, 0.2) is 29.3 Å². The molecule has 2 aliphatic heterocycles. The molecule has 2 unspecified atom stereocenters. The Bertz CT molecular complexity index is 2050. The molecule has 12 nitrogen and oxygen atoms in total. The summed E-state index contributed by atoms with van der Waals surface area (Å²) in [6.07, 6.45) is 7.12. The fourth-order valence-electron chi connectivity index (χ4n) is 7.42. The van der Waals surface area contributed by atoms with Crippen molar-refractivity contribution in [3.05, 3.63) is 45.7 Å². The minimum atomic E-state index is -1.30. The molecule has 1 aromatic carbocycles. The number of anilines is 1. The van der Waals surface area contributed by atoms with Crippen LogP contribution in [0.1, 0.15) is 52.3 Å². The maximum atomic E-state index is 14.0. The van der Waals surface area contributed by atoms with Crippen molar-refractivity contribution >= 4 is 61.7 Å². The standard InChI is InChI=1S/C39H58ClN7O5Si2/c1-25-42-31-14-13-29(34(40)33(31)37(48)46(25)24-51-16-18-54(8,9)10)30-22-45(23-50-15-17-53(5,6)7)36-35(30)41-21-32(44-36)47-27-11-12-28(47)20-26(19-27)43-38(49)52-39(2,3)4/h13-14,21-22,26-28H,11-12,15-20,23-24H2,1-10H3,(H,43,49). The Morgan fingerprint density at radius 1 is 0.944 bits per heavy atom. The summed E-state index contributed by atoms with van der Waals surface area (Å²) in [5, 5.41) is 3.78. The van der Waals surface area contributed by atoms with Crippen molar-refractivity contribution in [3.63, 3.8) is 0 Å². The number of hydrogen-bond donors (Lipinski definition) is 1. The number of nitrogens with zero attached hydrogens (tertiary/aromatic N) is 6. The first-order chi connectivity index (χ1) is 25.3. The molecule has 2 fully saturated rings. The van der Waals surface area contributed by atoms with Crippen LogP contribution >= 0.6 is 11.6 Å². The second-order valence-corrected chi connectivity index (χ2v) is 30.0. The lowest BCUT2D eigenvalue weighted by atomic mass is 9.97. The van der Waals surface area contributed by atoms with Gasteiger partial charge in [0.15, 0.2) is 5.65 Å². The largest absolute Gasteiger partial charge is 0.444 e. The first-order valence-corrected chi connectivity index (χ1v) is 27.1. The smallest absolute Gasteiger partial charge is 0.407 e. The SMILES string of the molecule is Cc1nc2ccc(-c3cn(COCC[Si](C)(C)C)c4nc(N5C6CCC5CC(NC(=O)OC(C)(C)C)C6)cnc34)c(Cl)c2c(=O)n1COCC[Si](C)(C)C. The van der Waals surface area contributed by atoms with Gasteiger partial charge in [-0.3, -0.25) is 9.36 Å². The van der Waals surface area contributed by atoms with Gasteiger partial charge in [0.05, 0.1) is 22.1 Å². The van der Waals surface area contributed by atoms with E-state index in [0.29, 0.717) is 58.4 Å². The highest BCUT2D eigenvalue weighted by Gasteiger charge is 2.42. The fraction of sp³-hybridized carbons (Fsp3) is 0.615. The van der Waals surface area contributed by atoms with Crippen molar-refractivity contribution in [3.8, 4) is 11.1 Å². The number of halogens is 1. The summed E-state index contributed by atoms with van der Waals surface area (Å²) in [7, 11) is -2.58. The van der Waals surface area contributed by atoms with E-state index in [1.807, 2.05) is 56.8 Å². The molecule has 3 aromatic heterocycles. The average molecular weight is 797 g/mol. The van der Waals surface area contributed by atoms with Gasteiger partial charge in [0, 0.05) is 64.8 Å². The Morgan fingerprint density at radius 3 is 2.19 bits per heavy atom. The molecule has 0 aliphatic carbocycles. The van der Waals surface area contributed by atoms with E-state index in [2.05, 4.69) is 49.5 Å². The van der Waals surface area contributed by atoms with Crippen LogP contribution < -0.4 is 15.8 Å². The Balaban J connectivity index is 1.33. The highest BCUT2D eigenvalue weighted by molar-refractivity contribution is 6.76. The second kappa shape index (κ2) is 15.7. The van der Waals surface area contributed by atoms with Crippen LogP contribution in [-0.2, 0) is 27.7 Å². The third-order valence-corrected chi connectivity index (χ3v) is 14.1. The summed E-state index contributed by atoms with van der Waals surface area (Å²) in [6.45, 7) is 23.0. The molecular weight excluding hydrogens is 738 g/mol. The molecule has 2 atom stereocenters. The van der Waals surface area contributed by atoms with Crippen molar-refractivity contribution in [2.45, 2.75) is 142 Å². The molecule has 1 N–H and O–H groups in total. The number of piperidine rings is 1. The molecule has 15 heteroatoms. The first kappa shape index (κ1) is 40.4. The molecular formula is C39H58ClN7O5Si2. The molecule has 0 radical (unpaired) electrons. The number of amides is 1. The van der Waals surface area contributed by atoms with Gasteiger partial charge in [-0.2, -0.15) is 0 Å². The number of fused-ring (bicyclic) bond motifs is 4. The number of hydrogen-bond acceptors (Lipinski definition) is 9. The number of aryl methyl sites for hydroxylation is 1. The molecule has 6 rings (SSSR count). The zero-order valence-electron chi connectivity index (χ0n) is 33.7. The number of nitrogens with one attached hydrogen (secondary N) is 1. The molecule has 0 saturated carbocycles. The van der Waals surface area contributed by atoms with Crippen molar-refractivity contribution < 1.29 is 19.0 Å². The van der Waals surface area contributed by atoms with E-state index < -0.39 is 21.7 Å². The van der Waals surface area contributed by atoms with Gasteiger partial charge in [-0.25, -0.2) is 19.7 Å². The lowest BCUT2D eigenvalue weighted by Crippen LogP contribution is -2.51. The van der Waals surface area contributed by atoms with Crippen molar-refractivity contribution in [2.24, 2.45) is 0 Å². The number of alkyl carbamates (subject to hydrolysis) is 1. The van der Waals surface area contributed by atoms with Gasteiger partial charge in [-0.05, 0) is 71.5 Å². The number of carbonyl (C=O) groups is 1. The van der Waals surface area contributed by atoms with E-state index in [4.69, 9.17) is 40.8 Å². The van der Waals surface area contributed by atoms with Crippen LogP contribution in [0.2, 0.25) is 56.4 Å². The minimum absolute atomic E-state index is 0.0372. The van der Waals surface area contributed by atoms with Gasteiger partial charge < -0.3 is 29.0 Å². The van der Waals surface area contributed by atoms with Gasteiger partial charge in [0.25, 0.3) is 5.56 Å². The number of aromatic nitrogens is 5. The summed E-state index contributed by atoms with van der Waals surface area (Å²) in [4.78, 5) is 44.0. The van der Waals surface area contributed by atoms with Crippen LogP contribution in [0.25, 0.3) is 33.2 Å². The zero-order chi connectivity index (χ0) is 39.2. The van der Waals surface area contributed by atoms with E-state index in [1.165, 1.54) is 0 Å². The van der Waals surface area contributed by atoms with Crippen LogP contribution in [0, 0.1) is 6.92 Å². The zero-order valence-corrected chi connectivity index (χ0v) is 36.5. The van der Waals surface area contributed by atoms with Gasteiger partial charge in [-0.15, -0.1) is 0 Å². The van der Waals surface area contributed by atoms with Crippen molar-refractivity contribution in [1.82, 2.24) is 29.4 Å². The van der Waals surface area contributed by atoms with E-state index in [0.717, 1.165) is 49.2 Å². The summed E-state index contributed by atoms with van der Waals surface area (Å²) >= 11 is 7.18. The van der Waals surface area contributed by atoms with E-state index in [1.54, 1.807) is 4.57 Å². The van der Waals surface area contributed by atoms with Gasteiger partial charge in [0.1, 0.15) is 36.2 Å². The number of carbonyl (C=O) groups excluding carboxylic acids is 1. The van der Waals surface area contributed by atoms with E-state index in [9.17, 15) is 9.59 Å². The van der Waals surface area contributed by atoms with Gasteiger partial charge >= 0.3 is 6.09 Å². The average Bonchev–Trinajstić information content (AvgIpc) is 3.53. The lowest BCUT2D eigenvalue weighted by molar-refractivity contribution is 0.0492. The van der Waals surface area contributed by atoms with Crippen molar-refractivity contribution in [1.29, 1.82) is 0 Å². The number of rotatable bonds is 13.